The molecule has 26 heavy (non-hydrogen) atoms. The molecular weight excluding hydrogens is 466 g/mol. The van der Waals surface area contributed by atoms with Gasteiger partial charge in [0, 0.05) is 65.4 Å². The second-order valence-corrected chi connectivity index (χ2v) is 4.15. The Labute approximate surface area is 212 Å². The van der Waals surface area contributed by atoms with Crippen LogP contribution in [0.5, 0.6) is 0 Å². The number of hydrogen-bond donors (Lipinski definition) is 0. The van der Waals surface area contributed by atoms with Crippen molar-refractivity contribution in [3.8, 4) is 22.3 Å². The summed E-state index contributed by atoms with van der Waals surface area (Å²) < 4.78 is 0. The number of rotatable bonds is 2. The molecule has 0 N–H and O–H groups in total. The minimum absolute atomic E-state index is 0. The van der Waals surface area contributed by atoms with Crippen LogP contribution in [0.25, 0.3) is 22.3 Å². The van der Waals surface area contributed by atoms with Crippen molar-refractivity contribution in [1.29, 1.82) is 0 Å². The molecule has 3 aromatic carbocycles. The van der Waals surface area contributed by atoms with Gasteiger partial charge in [0.05, 0.1) is 0 Å². The fourth-order valence-electron chi connectivity index (χ4n) is 2.01. The van der Waals surface area contributed by atoms with E-state index in [1.165, 1.54) is 22.3 Å². The maximum absolute atomic E-state index is 3.04. The molecule has 0 heterocycles. The van der Waals surface area contributed by atoms with E-state index in [4.69, 9.17) is 0 Å². The molecule has 0 saturated heterocycles. The van der Waals surface area contributed by atoms with Crippen LogP contribution in [0, 0.1) is 12.1 Å². The molecule has 0 unspecified atom stereocenters. The van der Waals surface area contributed by atoms with Crippen LogP contribution in [0.2, 0.25) is 0 Å². The quantitative estimate of drug-likeness (QED) is 0.319. The summed E-state index contributed by atoms with van der Waals surface area (Å²) in [7, 11) is 0. The van der Waals surface area contributed by atoms with Gasteiger partial charge in [-0.2, -0.15) is 60.7 Å². The molecule has 0 amide bonds. The zero-order valence-electron chi connectivity index (χ0n) is 17.1. The van der Waals surface area contributed by atoms with Crippen LogP contribution in [-0.4, -0.2) is 0 Å². The van der Waals surface area contributed by atoms with Crippen molar-refractivity contribution in [3.63, 3.8) is 0 Å². The standard InChI is InChI=1S/C18H12.3C2H6.2Y/c1-3-7-15(8-4-1)17-11-13-18(14-12-17)16-9-5-2-6-10-16;3*1-2;;/h3-14H;3*1-2H3;;/q-2;;;;;. The molecule has 134 valence electrons. The van der Waals surface area contributed by atoms with Crippen molar-refractivity contribution in [3.05, 3.63) is 84.9 Å². The monoisotopic (exact) mass is 496 g/mol. The second-order valence-electron chi connectivity index (χ2n) is 4.15. The smallest absolute Gasteiger partial charge is 0 e. The summed E-state index contributed by atoms with van der Waals surface area (Å²) in [6.07, 6.45) is 0. The van der Waals surface area contributed by atoms with Crippen molar-refractivity contribution in [2.45, 2.75) is 41.5 Å². The molecule has 0 nitrogen and oxygen atoms in total. The van der Waals surface area contributed by atoms with E-state index >= 15 is 0 Å². The predicted octanol–water partition coefficient (Wildman–Crippen LogP) is 7.69. The minimum Gasteiger partial charge on any atom is -0.184 e. The summed E-state index contributed by atoms with van der Waals surface area (Å²) >= 11 is 0. The Hall–Kier alpha value is -0.132. The van der Waals surface area contributed by atoms with E-state index in [2.05, 4.69) is 60.7 Å². The van der Waals surface area contributed by atoms with Crippen molar-refractivity contribution in [1.82, 2.24) is 0 Å². The van der Waals surface area contributed by atoms with Gasteiger partial charge >= 0.3 is 0 Å². The Bertz CT molecular complexity index is 559. The predicted molar refractivity (Wildman–Crippen MR) is 109 cm³/mol. The molecule has 0 atom stereocenters. The van der Waals surface area contributed by atoms with Gasteiger partial charge < -0.3 is 0 Å². The molecule has 2 radical (unpaired) electrons. The molecule has 0 aliphatic carbocycles. The van der Waals surface area contributed by atoms with Crippen molar-refractivity contribution >= 4 is 0 Å². The van der Waals surface area contributed by atoms with Crippen LogP contribution in [0.3, 0.4) is 0 Å². The van der Waals surface area contributed by atoms with E-state index < -0.39 is 0 Å². The van der Waals surface area contributed by atoms with Crippen LogP contribution < -0.4 is 0 Å². The Balaban J connectivity index is -0.000000604. The maximum Gasteiger partial charge on any atom is 0 e. The van der Waals surface area contributed by atoms with Crippen molar-refractivity contribution in [2.24, 2.45) is 0 Å². The SMILES string of the molecule is CC.CC.CC.[Y].[Y].[c-]1ccc(-c2ccc(-c3cc[c-]cc3)cc2)cc1. The van der Waals surface area contributed by atoms with Gasteiger partial charge in [0.2, 0.25) is 0 Å². The summed E-state index contributed by atoms with van der Waals surface area (Å²) in [5.41, 5.74) is 4.91. The van der Waals surface area contributed by atoms with E-state index in [1.807, 2.05) is 65.8 Å². The Morgan fingerprint density at radius 1 is 0.385 bits per heavy atom. The third-order valence-corrected chi connectivity index (χ3v) is 2.99. The van der Waals surface area contributed by atoms with Gasteiger partial charge in [0.15, 0.2) is 0 Å². The van der Waals surface area contributed by atoms with E-state index in [1.54, 1.807) is 0 Å². The van der Waals surface area contributed by atoms with Gasteiger partial charge in [-0.25, -0.2) is 0 Å². The topological polar surface area (TPSA) is 0 Å². The first-order valence-electron chi connectivity index (χ1n) is 8.96. The molecule has 0 fully saturated rings. The first-order chi connectivity index (χ1) is 11.9. The van der Waals surface area contributed by atoms with Gasteiger partial charge in [-0.15, -0.1) is 11.1 Å². The van der Waals surface area contributed by atoms with Crippen LogP contribution >= 0.6 is 0 Å². The van der Waals surface area contributed by atoms with Crippen LogP contribution in [0.15, 0.2) is 72.8 Å². The number of hydrogen-bond acceptors (Lipinski definition) is 0. The molecule has 0 saturated carbocycles. The van der Waals surface area contributed by atoms with Crippen molar-refractivity contribution in [2.75, 3.05) is 0 Å². The third kappa shape index (κ3) is 10.9. The minimum atomic E-state index is 0. The largest absolute Gasteiger partial charge is 0.184 e. The molecule has 3 aromatic rings. The first kappa shape index (κ1) is 30.6. The van der Waals surface area contributed by atoms with Gasteiger partial charge in [-0.05, 0) is 11.1 Å². The Kier molecular flexibility index (Phi) is 24.9. The summed E-state index contributed by atoms with van der Waals surface area (Å²) in [6.45, 7) is 12.0. The molecular formula is C24H30Y2-2. The van der Waals surface area contributed by atoms with E-state index in [0.29, 0.717) is 0 Å². The molecule has 0 aliphatic rings. The Morgan fingerprint density at radius 2 is 0.577 bits per heavy atom. The van der Waals surface area contributed by atoms with Crippen LogP contribution in [0.4, 0.5) is 0 Å². The Morgan fingerprint density at radius 3 is 0.808 bits per heavy atom. The fourth-order valence-corrected chi connectivity index (χ4v) is 2.01. The van der Waals surface area contributed by atoms with E-state index in [0.717, 1.165) is 0 Å². The molecule has 0 bridgehead atoms. The fraction of sp³-hybridized carbons (Fsp3) is 0.250. The van der Waals surface area contributed by atoms with Crippen LogP contribution in [0.1, 0.15) is 41.5 Å². The molecule has 0 spiro atoms. The summed E-state index contributed by atoms with van der Waals surface area (Å²) in [5, 5.41) is 0. The van der Waals surface area contributed by atoms with Gasteiger partial charge in [-0.1, -0.05) is 65.8 Å². The van der Waals surface area contributed by atoms with Gasteiger partial charge in [-0.3, -0.25) is 0 Å². The average Bonchev–Trinajstić information content (AvgIpc) is 2.74. The first-order valence-corrected chi connectivity index (χ1v) is 8.96. The van der Waals surface area contributed by atoms with Crippen LogP contribution in [-0.2, 0) is 65.4 Å². The number of benzene rings is 3. The summed E-state index contributed by atoms with van der Waals surface area (Å²) in [4.78, 5) is 0. The molecule has 3 rings (SSSR count). The van der Waals surface area contributed by atoms with E-state index in [-0.39, 0.29) is 65.4 Å². The van der Waals surface area contributed by atoms with Gasteiger partial charge in [0.1, 0.15) is 0 Å². The normalized spacial score (nSPS) is 7.77. The average molecular weight is 496 g/mol. The van der Waals surface area contributed by atoms with E-state index in [9.17, 15) is 0 Å². The molecule has 0 aliphatic heterocycles. The summed E-state index contributed by atoms with van der Waals surface area (Å²) in [5.74, 6) is 0. The maximum atomic E-state index is 3.04. The zero-order chi connectivity index (χ0) is 18.2. The zero-order valence-corrected chi connectivity index (χ0v) is 22.8. The molecule has 0 aromatic heterocycles. The summed E-state index contributed by atoms with van der Waals surface area (Å²) in [6, 6.07) is 30.8. The van der Waals surface area contributed by atoms with Crippen molar-refractivity contribution < 1.29 is 65.4 Å². The van der Waals surface area contributed by atoms with Gasteiger partial charge in [0.25, 0.3) is 0 Å². The molecule has 2 heteroatoms. The second kappa shape index (κ2) is 21.2. The third-order valence-electron chi connectivity index (χ3n) is 2.99.